The minimum absolute atomic E-state index is 0.497. The molecule has 1 aromatic rings. The number of hydrogen-bond acceptors (Lipinski definition) is 1. The lowest BCUT2D eigenvalue weighted by Gasteiger charge is -1.91. The Hall–Kier alpha value is -0.470. The minimum atomic E-state index is 0.497. The van der Waals surface area contributed by atoms with Crippen LogP contribution in [0.15, 0.2) is 18.3 Å². The Balaban J connectivity index is 2.92. The first-order chi connectivity index (χ1) is 3.84. The number of rotatable bonds is 1. The number of nitrogens with two attached hydrogens (primary N) is 1. The van der Waals surface area contributed by atoms with Crippen molar-refractivity contribution in [2.24, 2.45) is 5.73 Å². The molecule has 0 saturated carbocycles. The average Bonchev–Trinajstić information content (AvgIpc) is 2.14. The van der Waals surface area contributed by atoms with Crippen LogP contribution in [0.2, 0.25) is 0 Å². The van der Waals surface area contributed by atoms with Crippen LogP contribution in [-0.4, -0.2) is 4.09 Å². The van der Waals surface area contributed by atoms with Gasteiger partial charge in [-0.1, -0.05) is 0 Å². The van der Waals surface area contributed by atoms with Crippen LogP contribution in [0, 0.1) is 0 Å². The lowest BCUT2D eigenvalue weighted by Crippen LogP contribution is -1.98. The summed E-state index contributed by atoms with van der Waals surface area (Å²) in [7, 11) is 0. The first kappa shape index (κ1) is 5.66. The molecule has 2 nitrogen and oxygen atoms in total. The quantitative estimate of drug-likeness (QED) is 0.603. The second-order valence-corrected chi connectivity index (χ2v) is 1.88. The first-order valence-corrected chi connectivity index (χ1v) is 2.71. The summed E-state index contributed by atoms with van der Waals surface area (Å²) in [5.41, 5.74) is 6.23. The zero-order chi connectivity index (χ0) is 5.98. The fraction of sp³-hybridized carbons (Fsp3) is 0.200. The predicted octanol–water partition coefficient (Wildman–Crippen LogP) is 0.949. The van der Waals surface area contributed by atoms with Gasteiger partial charge in [0.2, 0.25) is 0 Å². The van der Waals surface area contributed by atoms with E-state index in [0.29, 0.717) is 6.54 Å². The molecule has 0 aliphatic heterocycles. The van der Waals surface area contributed by atoms with Crippen molar-refractivity contribution in [1.82, 2.24) is 4.09 Å². The Morgan fingerprint density at radius 1 is 1.75 bits per heavy atom. The molecule has 0 unspecified atom stereocenters. The van der Waals surface area contributed by atoms with Crippen LogP contribution in [0.1, 0.15) is 5.69 Å². The summed E-state index contributed by atoms with van der Waals surface area (Å²) in [6.07, 6.45) is 1.75. The van der Waals surface area contributed by atoms with Gasteiger partial charge in [0.1, 0.15) is 0 Å². The SMILES string of the molecule is NCc1cccn1Cl. The second-order valence-electron chi connectivity index (χ2n) is 1.51. The molecule has 3 heteroatoms. The fourth-order valence-electron chi connectivity index (χ4n) is 0.552. The number of hydrogen-bond donors (Lipinski definition) is 1. The van der Waals surface area contributed by atoms with E-state index in [4.69, 9.17) is 17.5 Å². The summed E-state index contributed by atoms with van der Waals surface area (Å²) in [5.74, 6) is 0. The predicted molar refractivity (Wildman–Crippen MR) is 33.6 cm³/mol. The minimum Gasteiger partial charge on any atom is -0.325 e. The van der Waals surface area contributed by atoms with Gasteiger partial charge in [0.05, 0.1) is 0 Å². The van der Waals surface area contributed by atoms with E-state index in [1.165, 1.54) is 4.09 Å². The van der Waals surface area contributed by atoms with Crippen molar-refractivity contribution in [2.45, 2.75) is 6.54 Å². The summed E-state index contributed by atoms with van der Waals surface area (Å²) >= 11 is 5.58. The van der Waals surface area contributed by atoms with E-state index in [-0.39, 0.29) is 0 Å². The molecule has 0 atom stereocenters. The molecule has 1 aromatic heterocycles. The summed E-state index contributed by atoms with van der Waals surface area (Å²) in [4.78, 5) is 0. The van der Waals surface area contributed by atoms with E-state index in [0.717, 1.165) is 5.69 Å². The zero-order valence-corrected chi connectivity index (χ0v) is 5.10. The highest BCUT2D eigenvalue weighted by atomic mass is 35.5. The third-order valence-electron chi connectivity index (χ3n) is 0.989. The van der Waals surface area contributed by atoms with Crippen LogP contribution < -0.4 is 5.73 Å². The van der Waals surface area contributed by atoms with E-state index in [2.05, 4.69) is 0 Å². The molecular formula is C5H7ClN2. The molecule has 0 saturated heterocycles. The van der Waals surface area contributed by atoms with Crippen LogP contribution in [0.4, 0.5) is 0 Å². The van der Waals surface area contributed by atoms with Gasteiger partial charge in [-0.15, -0.1) is 0 Å². The Morgan fingerprint density at radius 3 is 2.75 bits per heavy atom. The third kappa shape index (κ3) is 0.854. The number of halogens is 1. The van der Waals surface area contributed by atoms with E-state index >= 15 is 0 Å². The van der Waals surface area contributed by atoms with Crippen LogP contribution in [0.3, 0.4) is 0 Å². The summed E-state index contributed by atoms with van der Waals surface area (Å²) in [6, 6.07) is 3.74. The van der Waals surface area contributed by atoms with Gasteiger partial charge >= 0.3 is 0 Å². The average molecular weight is 131 g/mol. The van der Waals surface area contributed by atoms with Crippen molar-refractivity contribution in [1.29, 1.82) is 0 Å². The van der Waals surface area contributed by atoms with Crippen molar-refractivity contribution in [3.8, 4) is 0 Å². The van der Waals surface area contributed by atoms with Gasteiger partial charge < -0.3 is 5.73 Å². The molecule has 1 heterocycles. The second kappa shape index (κ2) is 2.20. The normalized spacial score (nSPS) is 9.75. The molecule has 0 bridgehead atoms. The van der Waals surface area contributed by atoms with Gasteiger partial charge in [0.15, 0.2) is 0 Å². The molecule has 0 aliphatic carbocycles. The highest BCUT2D eigenvalue weighted by Gasteiger charge is 1.91. The van der Waals surface area contributed by atoms with Crippen LogP contribution in [-0.2, 0) is 6.54 Å². The molecule has 1 rings (SSSR count). The van der Waals surface area contributed by atoms with Crippen LogP contribution >= 0.6 is 11.8 Å². The first-order valence-electron chi connectivity index (χ1n) is 2.37. The Bertz CT molecular complexity index is 171. The van der Waals surface area contributed by atoms with Gasteiger partial charge in [-0.2, -0.15) is 0 Å². The number of nitrogens with zero attached hydrogens (tertiary/aromatic N) is 1. The topological polar surface area (TPSA) is 30.9 Å². The van der Waals surface area contributed by atoms with Crippen molar-refractivity contribution in [3.63, 3.8) is 0 Å². The van der Waals surface area contributed by atoms with Gasteiger partial charge in [-0.3, -0.25) is 4.09 Å². The molecule has 0 amide bonds. The molecule has 0 radical (unpaired) electrons. The highest BCUT2D eigenvalue weighted by molar-refractivity contribution is 6.15. The van der Waals surface area contributed by atoms with Crippen molar-refractivity contribution in [3.05, 3.63) is 24.0 Å². The van der Waals surface area contributed by atoms with Gasteiger partial charge in [-0.25, -0.2) is 0 Å². The fourth-order valence-corrected chi connectivity index (χ4v) is 0.742. The summed E-state index contributed by atoms with van der Waals surface area (Å²) in [5, 5.41) is 0. The maximum absolute atomic E-state index is 5.58. The zero-order valence-electron chi connectivity index (χ0n) is 4.34. The Morgan fingerprint density at radius 2 is 2.50 bits per heavy atom. The van der Waals surface area contributed by atoms with Crippen LogP contribution in [0.5, 0.6) is 0 Å². The van der Waals surface area contributed by atoms with Gasteiger partial charge in [-0.05, 0) is 12.1 Å². The smallest absolute Gasteiger partial charge is 0.0484 e. The van der Waals surface area contributed by atoms with Gasteiger partial charge in [0.25, 0.3) is 0 Å². The van der Waals surface area contributed by atoms with Crippen molar-refractivity contribution in [2.75, 3.05) is 0 Å². The molecule has 8 heavy (non-hydrogen) atoms. The van der Waals surface area contributed by atoms with E-state index in [9.17, 15) is 0 Å². The molecule has 0 fully saturated rings. The maximum Gasteiger partial charge on any atom is 0.0484 e. The molecule has 2 N–H and O–H groups in total. The molecule has 0 aromatic carbocycles. The van der Waals surface area contributed by atoms with Gasteiger partial charge in [0, 0.05) is 30.2 Å². The molecule has 0 spiro atoms. The lowest BCUT2D eigenvalue weighted by molar-refractivity contribution is 0.975. The van der Waals surface area contributed by atoms with E-state index in [1.54, 1.807) is 6.20 Å². The van der Waals surface area contributed by atoms with Crippen molar-refractivity contribution < 1.29 is 0 Å². The highest BCUT2D eigenvalue weighted by Crippen LogP contribution is 2.00. The van der Waals surface area contributed by atoms with Crippen LogP contribution in [0.25, 0.3) is 0 Å². The monoisotopic (exact) mass is 130 g/mol. The van der Waals surface area contributed by atoms with Crippen molar-refractivity contribution >= 4 is 11.8 Å². The number of aromatic nitrogens is 1. The summed E-state index contributed by atoms with van der Waals surface area (Å²) < 4.78 is 1.49. The third-order valence-corrected chi connectivity index (χ3v) is 1.32. The molecule has 0 aliphatic rings. The maximum atomic E-state index is 5.58. The Kier molecular flexibility index (Phi) is 1.56. The van der Waals surface area contributed by atoms with E-state index in [1.807, 2.05) is 12.1 Å². The molecule has 44 valence electrons. The largest absolute Gasteiger partial charge is 0.325 e. The standard InChI is InChI=1S/C5H7ClN2/c6-8-3-1-2-5(8)4-7/h1-3H,4,7H2. The summed E-state index contributed by atoms with van der Waals surface area (Å²) in [6.45, 7) is 0.497. The van der Waals surface area contributed by atoms with E-state index < -0.39 is 0 Å². The molecular weight excluding hydrogens is 124 g/mol. The lowest BCUT2D eigenvalue weighted by atomic mass is 10.4. The Labute approximate surface area is 53.0 Å².